The van der Waals surface area contributed by atoms with Crippen molar-refractivity contribution >= 4 is 0 Å². The molecule has 2 radical (unpaired) electrons. The van der Waals surface area contributed by atoms with Gasteiger partial charge in [0, 0.05) is 0 Å². The van der Waals surface area contributed by atoms with Crippen molar-refractivity contribution in [1.82, 2.24) is 0 Å². The minimum absolute atomic E-state index is 0. The summed E-state index contributed by atoms with van der Waals surface area (Å²) in [5, 5.41) is 0. The Morgan fingerprint density at radius 1 is 1.00 bits per heavy atom. The van der Waals surface area contributed by atoms with E-state index in [1.807, 2.05) is 0 Å². The summed E-state index contributed by atoms with van der Waals surface area (Å²) in [6.45, 7) is 7.27. The fourth-order valence-corrected chi connectivity index (χ4v) is 0.177. The van der Waals surface area contributed by atoms with Gasteiger partial charge < -0.3 is 21.3 Å². The summed E-state index contributed by atoms with van der Waals surface area (Å²) in [4.78, 5) is 0. The maximum atomic E-state index is 3.64. The largest absolute Gasteiger partial charge is 3.00 e. The average molecular weight is 172 g/mol. The molecule has 7 heavy (non-hydrogen) atoms. The number of rotatable bonds is 2. The molecule has 0 fully saturated rings. The van der Waals surface area contributed by atoms with Crippen LogP contribution >= 0.6 is 0 Å². The molecule has 0 atom stereocenters. The molecule has 0 nitrogen and oxygen atoms in total. The molecule has 0 aromatic heterocycles. The van der Waals surface area contributed by atoms with E-state index < -0.39 is 0 Å². The van der Waals surface area contributed by atoms with Crippen molar-refractivity contribution in [2.75, 3.05) is 0 Å². The molecule has 0 spiro atoms. The quantitative estimate of drug-likeness (QED) is 0.559. The second-order valence-electron chi connectivity index (χ2n) is 1.06. The molecule has 0 bridgehead atoms. The first-order chi connectivity index (χ1) is 2.41. The fourth-order valence-electron chi connectivity index (χ4n) is 0.177. The second-order valence-corrected chi connectivity index (χ2v) is 1.06. The van der Waals surface area contributed by atoms with Gasteiger partial charge in [-0.1, -0.05) is 0 Å². The molecule has 0 aromatic rings. The summed E-state index contributed by atoms with van der Waals surface area (Å²) in [7, 11) is 0. The van der Waals surface area contributed by atoms with Crippen LogP contribution in [0.2, 0.25) is 0 Å². The van der Waals surface area contributed by atoms with E-state index in [1.165, 1.54) is 6.42 Å². The molecule has 1 heteroatoms. The van der Waals surface area contributed by atoms with E-state index in [4.69, 9.17) is 0 Å². The molecule has 0 heterocycles. The molecule has 38 valence electrons. The topological polar surface area (TPSA) is 0 Å². The van der Waals surface area contributed by atoms with Gasteiger partial charge in [0.15, 0.2) is 0 Å². The van der Waals surface area contributed by atoms with E-state index in [2.05, 4.69) is 13.8 Å². The van der Waals surface area contributed by atoms with Crippen molar-refractivity contribution in [2.24, 2.45) is 0 Å². The molecule has 0 aromatic carbocycles. The molecule has 0 N–H and O–H groups in total. The molecular weight excluding hydrogens is 161 g/mol. The number of hydrogen-bond acceptors (Lipinski definition) is 0. The molecule has 0 saturated heterocycles. The predicted octanol–water partition coefficient (Wildman–Crippen LogP) is 2.03. The van der Waals surface area contributed by atoms with Crippen LogP contribution in [0.15, 0.2) is 0 Å². The first-order valence-corrected chi connectivity index (χ1v) is 2.00. The molecule has 0 aliphatic carbocycles. The summed E-state index contributed by atoms with van der Waals surface area (Å²) >= 11 is 0. The van der Waals surface area contributed by atoms with Gasteiger partial charge in [-0.3, -0.25) is 0 Å². The number of hydrogen-bond donors (Lipinski definition) is 0. The van der Waals surface area contributed by atoms with Gasteiger partial charge in [0.2, 0.25) is 0 Å². The Hall–Kier alpha value is 1.10. The van der Waals surface area contributed by atoms with Gasteiger partial charge in [0.05, 0.1) is 0 Å². The molecule has 0 unspecified atom stereocenters. The SMILES string of the molecule is [CH-].[CH2-]CCC[CH2-].[Y+3]. The van der Waals surface area contributed by atoms with Crippen molar-refractivity contribution in [2.45, 2.75) is 19.3 Å². The van der Waals surface area contributed by atoms with E-state index in [9.17, 15) is 0 Å². The smallest absolute Gasteiger partial charge is 0.726 e. The molecule has 0 aliphatic rings. The molecule has 0 rings (SSSR count). The fraction of sp³-hybridized carbons (Fsp3) is 0.500. The Morgan fingerprint density at radius 3 is 1.29 bits per heavy atom. The van der Waals surface area contributed by atoms with Gasteiger partial charge in [-0.2, -0.15) is 12.8 Å². The normalized spacial score (nSPS) is 6.00. The van der Waals surface area contributed by atoms with E-state index in [-0.39, 0.29) is 40.1 Å². The van der Waals surface area contributed by atoms with E-state index in [0.717, 1.165) is 12.8 Å². The molecule has 0 aliphatic heterocycles. The van der Waals surface area contributed by atoms with Crippen LogP contribution in [0.25, 0.3) is 0 Å². The summed E-state index contributed by atoms with van der Waals surface area (Å²) in [6.07, 6.45) is 3.23. The second kappa shape index (κ2) is 15.7. The molecule has 0 amide bonds. The van der Waals surface area contributed by atoms with Crippen LogP contribution in [-0.4, -0.2) is 0 Å². The van der Waals surface area contributed by atoms with Gasteiger partial charge in [0.1, 0.15) is 0 Å². The van der Waals surface area contributed by atoms with Crippen LogP contribution < -0.4 is 0 Å². The Bertz CT molecular complexity index is 11.7. The Labute approximate surface area is 73.0 Å². The minimum atomic E-state index is 0. The first-order valence-electron chi connectivity index (χ1n) is 2.00. The zero-order valence-electron chi connectivity index (χ0n) is 4.69. The third kappa shape index (κ3) is 19.2. The van der Waals surface area contributed by atoms with Crippen LogP contribution in [0, 0.1) is 21.3 Å². The third-order valence-electron chi connectivity index (χ3n) is 0.500. The van der Waals surface area contributed by atoms with Crippen molar-refractivity contribution in [3.05, 3.63) is 21.3 Å². The zero-order valence-corrected chi connectivity index (χ0v) is 7.53. The van der Waals surface area contributed by atoms with Gasteiger partial charge in [-0.15, -0.1) is 6.42 Å². The van der Waals surface area contributed by atoms with Crippen LogP contribution in [-0.2, 0) is 32.7 Å². The van der Waals surface area contributed by atoms with E-state index in [1.54, 1.807) is 0 Å². The summed E-state index contributed by atoms with van der Waals surface area (Å²) in [5.41, 5.74) is 0. The van der Waals surface area contributed by atoms with E-state index in [0.29, 0.717) is 0 Å². The molecule has 0 saturated carbocycles. The van der Waals surface area contributed by atoms with Crippen molar-refractivity contribution < 1.29 is 32.7 Å². The van der Waals surface area contributed by atoms with Gasteiger partial charge in [-0.25, -0.2) is 0 Å². The van der Waals surface area contributed by atoms with Gasteiger partial charge in [-0.05, 0) is 0 Å². The molecular formula is C6H11Y. The van der Waals surface area contributed by atoms with Crippen LogP contribution in [0.4, 0.5) is 0 Å². The summed E-state index contributed by atoms with van der Waals surface area (Å²) in [6, 6.07) is 0. The zero-order chi connectivity index (χ0) is 4.12. The van der Waals surface area contributed by atoms with Crippen LogP contribution in [0.1, 0.15) is 19.3 Å². The van der Waals surface area contributed by atoms with Crippen molar-refractivity contribution in [3.63, 3.8) is 0 Å². The average Bonchev–Trinajstić information content (AvgIpc) is 1.41. The van der Waals surface area contributed by atoms with Gasteiger partial charge in [0.25, 0.3) is 0 Å². The Balaban J connectivity index is -0.0000000800. The van der Waals surface area contributed by atoms with Crippen LogP contribution in [0.5, 0.6) is 0 Å². The van der Waals surface area contributed by atoms with Crippen molar-refractivity contribution in [1.29, 1.82) is 0 Å². The summed E-state index contributed by atoms with van der Waals surface area (Å²) in [5.74, 6) is 0. The van der Waals surface area contributed by atoms with Gasteiger partial charge >= 0.3 is 32.7 Å². The van der Waals surface area contributed by atoms with Crippen molar-refractivity contribution in [3.8, 4) is 0 Å². The number of unbranched alkanes of at least 4 members (excludes halogenated alkanes) is 2. The third-order valence-corrected chi connectivity index (χ3v) is 0.500. The standard InChI is InChI=1S/C5H10.CH.Y/c1-3-5-4-2;;/h1-5H2;1H;/q-2;-1;+3. The maximum Gasteiger partial charge on any atom is 3.00 e. The van der Waals surface area contributed by atoms with E-state index >= 15 is 0 Å². The first kappa shape index (κ1) is 15.7. The monoisotopic (exact) mass is 172 g/mol. The Morgan fingerprint density at radius 2 is 1.29 bits per heavy atom. The Kier molecular flexibility index (Phi) is 35.2. The minimum Gasteiger partial charge on any atom is -0.726 e. The van der Waals surface area contributed by atoms with Crippen LogP contribution in [0.3, 0.4) is 0 Å². The predicted molar refractivity (Wildman–Crippen MR) is 28.9 cm³/mol. The summed E-state index contributed by atoms with van der Waals surface area (Å²) < 4.78 is 0. The maximum absolute atomic E-state index is 3.64.